The topological polar surface area (TPSA) is 87.2 Å². The van der Waals surface area contributed by atoms with Crippen LogP contribution in [0.1, 0.15) is 5.82 Å². The zero-order chi connectivity index (χ0) is 14.9. The maximum absolute atomic E-state index is 11.3. The van der Waals surface area contributed by atoms with Crippen LogP contribution in [0.3, 0.4) is 0 Å². The molecular formula is C11H11Br2N3O3S. The molecule has 0 saturated heterocycles. The van der Waals surface area contributed by atoms with E-state index in [4.69, 9.17) is 9.88 Å². The monoisotopic (exact) mass is 423 g/mol. The van der Waals surface area contributed by atoms with Crippen molar-refractivity contribution in [2.75, 3.05) is 0 Å². The minimum absolute atomic E-state index is 0.000548. The number of hydrogen-bond donors (Lipinski definition) is 1. The minimum atomic E-state index is -3.76. The van der Waals surface area contributed by atoms with Crippen molar-refractivity contribution in [2.45, 2.75) is 11.5 Å². The Morgan fingerprint density at radius 2 is 1.95 bits per heavy atom. The molecule has 0 aliphatic heterocycles. The van der Waals surface area contributed by atoms with E-state index in [9.17, 15) is 8.42 Å². The van der Waals surface area contributed by atoms with Crippen molar-refractivity contribution in [3.8, 4) is 5.75 Å². The lowest BCUT2D eigenvalue weighted by atomic mass is 10.3. The van der Waals surface area contributed by atoms with Crippen LogP contribution in [0.4, 0.5) is 0 Å². The van der Waals surface area contributed by atoms with Crippen LogP contribution in [0.15, 0.2) is 38.4 Å². The molecule has 0 fully saturated rings. The number of nitrogens with two attached hydrogens (primary N) is 1. The van der Waals surface area contributed by atoms with Gasteiger partial charge in [0.2, 0.25) is 10.0 Å². The summed E-state index contributed by atoms with van der Waals surface area (Å²) in [6, 6.07) is 2.79. The van der Waals surface area contributed by atoms with Gasteiger partial charge in [-0.2, -0.15) is 0 Å². The van der Waals surface area contributed by atoms with E-state index in [1.165, 1.54) is 12.1 Å². The van der Waals surface area contributed by atoms with Crippen molar-refractivity contribution in [3.05, 3.63) is 39.3 Å². The number of aromatic nitrogens is 2. The molecule has 0 atom stereocenters. The number of imidazole rings is 1. The maximum Gasteiger partial charge on any atom is 0.238 e. The molecule has 108 valence electrons. The largest absolute Gasteiger partial charge is 0.483 e. The summed E-state index contributed by atoms with van der Waals surface area (Å²) in [6.45, 7) is 0.259. The summed E-state index contributed by atoms with van der Waals surface area (Å²) in [5, 5.41) is 5.09. The molecule has 20 heavy (non-hydrogen) atoms. The third kappa shape index (κ3) is 3.40. The Morgan fingerprint density at radius 1 is 1.35 bits per heavy atom. The van der Waals surface area contributed by atoms with E-state index in [-0.39, 0.29) is 11.5 Å². The number of hydrogen-bond acceptors (Lipinski definition) is 4. The molecule has 0 amide bonds. The van der Waals surface area contributed by atoms with E-state index >= 15 is 0 Å². The molecule has 6 nitrogen and oxygen atoms in total. The number of halogens is 2. The summed E-state index contributed by atoms with van der Waals surface area (Å²) >= 11 is 6.54. The van der Waals surface area contributed by atoms with Crippen molar-refractivity contribution in [1.82, 2.24) is 9.55 Å². The molecule has 2 N–H and O–H groups in total. The molecular weight excluding hydrogens is 414 g/mol. The Morgan fingerprint density at radius 3 is 2.40 bits per heavy atom. The molecule has 0 spiro atoms. The number of rotatable bonds is 4. The molecule has 1 heterocycles. The van der Waals surface area contributed by atoms with E-state index in [0.29, 0.717) is 14.7 Å². The standard InChI is InChI=1S/C11H11Br2N3O3S/c1-16-3-2-15-10(16)6-19-11-8(12)4-7(5-9(11)13)20(14,17)18/h2-5H,6H2,1H3,(H2,14,17,18). The predicted molar refractivity (Wildman–Crippen MR) is 80.8 cm³/mol. The Hall–Kier alpha value is -0.900. The average molecular weight is 425 g/mol. The summed E-state index contributed by atoms with van der Waals surface area (Å²) in [7, 11) is -1.90. The van der Waals surface area contributed by atoms with Gasteiger partial charge in [0.25, 0.3) is 0 Å². The first-order valence-electron chi connectivity index (χ1n) is 5.40. The van der Waals surface area contributed by atoms with E-state index in [0.717, 1.165) is 5.82 Å². The van der Waals surface area contributed by atoms with Gasteiger partial charge in [-0.1, -0.05) is 0 Å². The molecule has 0 aliphatic rings. The van der Waals surface area contributed by atoms with Crippen molar-refractivity contribution in [2.24, 2.45) is 12.2 Å². The van der Waals surface area contributed by atoms with Crippen LogP contribution in [0.2, 0.25) is 0 Å². The van der Waals surface area contributed by atoms with Gasteiger partial charge in [-0.05, 0) is 44.0 Å². The van der Waals surface area contributed by atoms with Gasteiger partial charge in [0.1, 0.15) is 18.2 Å². The van der Waals surface area contributed by atoms with Crippen molar-refractivity contribution >= 4 is 41.9 Å². The zero-order valence-corrected chi connectivity index (χ0v) is 14.4. The third-order valence-corrected chi connectivity index (χ3v) is 4.64. The van der Waals surface area contributed by atoms with E-state index < -0.39 is 10.0 Å². The van der Waals surface area contributed by atoms with Crippen LogP contribution in [0.25, 0.3) is 0 Å². The second-order valence-electron chi connectivity index (χ2n) is 4.00. The van der Waals surface area contributed by atoms with Gasteiger partial charge in [0.15, 0.2) is 0 Å². The normalized spacial score (nSPS) is 11.6. The quantitative estimate of drug-likeness (QED) is 0.814. The predicted octanol–water partition coefficient (Wildman–Crippen LogP) is 2.17. The molecule has 0 bridgehead atoms. The molecule has 0 aliphatic carbocycles. The lowest BCUT2D eigenvalue weighted by Gasteiger charge is -2.11. The molecule has 9 heteroatoms. The fraction of sp³-hybridized carbons (Fsp3) is 0.182. The Balaban J connectivity index is 2.27. The maximum atomic E-state index is 11.3. The Labute approximate surface area is 133 Å². The lowest BCUT2D eigenvalue weighted by molar-refractivity contribution is 0.288. The highest BCUT2D eigenvalue weighted by atomic mass is 79.9. The Kier molecular flexibility index (Phi) is 4.52. The third-order valence-electron chi connectivity index (χ3n) is 2.57. The molecule has 0 radical (unpaired) electrons. The van der Waals surface area contributed by atoms with Crippen molar-refractivity contribution in [1.29, 1.82) is 0 Å². The van der Waals surface area contributed by atoms with Gasteiger partial charge in [-0.25, -0.2) is 18.5 Å². The summed E-state index contributed by atoms with van der Waals surface area (Å²) < 4.78 is 31.1. The van der Waals surface area contributed by atoms with E-state index in [1.807, 2.05) is 17.8 Å². The number of nitrogens with zero attached hydrogens (tertiary/aromatic N) is 2. The molecule has 1 aromatic heterocycles. The summed E-state index contributed by atoms with van der Waals surface area (Å²) in [4.78, 5) is 4.14. The molecule has 2 aromatic rings. The van der Waals surface area contributed by atoms with Gasteiger partial charge in [0, 0.05) is 19.4 Å². The minimum Gasteiger partial charge on any atom is -0.483 e. The Bertz CT molecular complexity index is 720. The smallest absolute Gasteiger partial charge is 0.238 e. The van der Waals surface area contributed by atoms with Crippen LogP contribution in [-0.2, 0) is 23.7 Å². The molecule has 1 aromatic carbocycles. The highest BCUT2D eigenvalue weighted by Gasteiger charge is 2.15. The first-order valence-corrected chi connectivity index (χ1v) is 8.53. The van der Waals surface area contributed by atoms with Crippen molar-refractivity contribution in [3.63, 3.8) is 0 Å². The highest BCUT2D eigenvalue weighted by molar-refractivity contribution is 9.11. The average Bonchev–Trinajstić information content (AvgIpc) is 2.72. The molecule has 2 rings (SSSR count). The molecule has 0 unspecified atom stereocenters. The van der Waals surface area contributed by atoms with Crippen LogP contribution >= 0.6 is 31.9 Å². The van der Waals surface area contributed by atoms with Crippen LogP contribution in [0, 0.1) is 0 Å². The number of primary sulfonamides is 1. The number of benzene rings is 1. The SMILES string of the molecule is Cn1ccnc1COc1c(Br)cc(S(N)(=O)=O)cc1Br. The highest BCUT2D eigenvalue weighted by Crippen LogP contribution is 2.36. The summed E-state index contributed by atoms with van der Waals surface area (Å²) in [5.41, 5.74) is 0. The van der Waals surface area contributed by atoms with Crippen LogP contribution in [0.5, 0.6) is 5.75 Å². The first kappa shape index (κ1) is 15.5. The lowest BCUT2D eigenvalue weighted by Crippen LogP contribution is -2.12. The molecule has 0 saturated carbocycles. The fourth-order valence-corrected chi connectivity index (χ4v) is 3.79. The van der Waals surface area contributed by atoms with Gasteiger partial charge in [-0.3, -0.25) is 0 Å². The van der Waals surface area contributed by atoms with Gasteiger partial charge in [0.05, 0.1) is 13.8 Å². The number of aryl methyl sites for hydroxylation is 1. The van der Waals surface area contributed by atoms with E-state index in [1.54, 1.807) is 6.20 Å². The second kappa shape index (κ2) is 5.84. The number of sulfonamides is 1. The van der Waals surface area contributed by atoms with Gasteiger partial charge < -0.3 is 9.30 Å². The summed E-state index contributed by atoms with van der Waals surface area (Å²) in [6.07, 6.45) is 3.49. The van der Waals surface area contributed by atoms with Crippen LogP contribution < -0.4 is 9.88 Å². The van der Waals surface area contributed by atoms with Crippen LogP contribution in [-0.4, -0.2) is 18.0 Å². The fourth-order valence-electron chi connectivity index (χ4n) is 1.51. The van der Waals surface area contributed by atoms with Crippen molar-refractivity contribution < 1.29 is 13.2 Å². The van der Waals surface area contributed by atoms with Gasteiger partial charge >= 0.3 is 0 Å². The second-order valence-corrected chi connectivity index (χ2v) is 7.27. The number of ether oxygens (including phenoxy) is 1. The first-order chi connectivity index (χ1) is 9.29. The summed E-state index contributed by atoms with van der Waals surface area (Å²) in [5.74, 6) is 1.24. The van der Waals surface area contributed by atoms with E-state index in [2.05, 4.69) is 36.8 Å². The zero-order valence-electron chi connectivity index (χ0n) is 10.4. The van der Waals surface area contributed by atoms with Gasteiger partial charge in [-0.15, -0.1) is 0 Å².